The van der Waals surface area contributed by atoms with Gasteiger partial charge in [-0.3, -0.25) is 4.79 Å². The third-order valence-electron chi connectivity index (χ3n) is 3.17. The van der Waals surface area contributed by atoms with Gasteiger partial charge in [0.1, 0.15) is 0 Å². The Balaban J connectivity index is 2.69. The Morgan fingerprint density at radius 2 is 1.95 bits per heavy atom. The quantitative estimate of drug-likeness (QED) is 0.808. The van der Waals surface area contributed by atoms with Crippen molar-refractivity contribution in [1.82, 2.24) is 4.72 Å². The first-order valence-corrected chi connectivity index (χ1v) is 8.02. The van der Waals surface area contributed by atoms with Crippen LogP contribution in [-0.4, -0.2) is 25.5 Å². The van der Waals surface area contributed by atoms with Crippen molar-refractivity contribution in [2.24, 2.45) is 0 Å². The molecule has 1 atom stereocenters. The Hall–Kier alpha value is -1.40. The first-order chi connectivity index (χ1) is 9.22. The Kier molecular flexibility index (Phi) is 5.71. The van der Waals surface area contributed by atoms with Crippen LogP contribution in [0.5, 0.6) is 0 Å². The summed E-state index contributed by atoms with van der Waals surface area (Å²) >= 11 is 0. The molecule has 1 rings (SSSR count). The van der Waals surface area contributed by atoms with Crippen LogP contribution in [0, 0.1) is 13.8 Å². The molecule has 0 amide bonds. The van der Waals surface area contributed by atoms with Crippen LogP contribution in [0.15, 0.2) is 23.1 Å². The van der Waals surface area contributed by atoms with E-state index in [1.54, 1.807) is 25.1 Å². The summed E-state index contributed by atoms with van der Waals surface area (Å²) in [7, 11) is -3.55. The number of sulfonamides is 1. The Bertz CT molecular complexity index is 581. The fraction of sp³-hybridized carbons (Fsp3) is 0.500. The molecule has 0 heterocycles. The van der Waals surface area contributed by atoms with Crippen LogP contribution in [0.25, 0.3) is 0 Å². The third kappa shape index (κ3) is 4.94. The molecule has 0 aromatic heterocycles. The molecule has 0 fully saturated rings. The number of hydrogen-bond acceptors (Lipinski definition) is 3. The Morgan fingerprint density at radius 1 is 1.30 bits per heavy atom. The van der Waals surface area contributed by atoms with Gasteiger partial charge >= 0.3 is 5.97 Å². The summed E-state index contributed by atoms with van der Waals surface area (Å²) in [6, 6.07) is 4.70. The van der Waals surface area contributed by atoms with E-state index in [-0.39, 0.29) is 17.4 Å². The predicted molar refractivity (Wildman–Crippen MR) is 77.2 cm³/mol. The fourth-order valence-corrected chi connectivity index (χ4v) is 3.20. The number of hydrogen-bond donors (Lipinski definition) is 2. The number of aliphatic carboxylic acids is 1. The number of rotatable bonds is 7. The van der Waals surface area contributed by atoms with E-state index < -0.39 is 16.0 Å². The van der Waals surface area contributed by atoms with Crippen LogP contribution < -0.4 is 4.72 Å². The normalized spacial score (nSPS) is 13.2. The minimum absolute atomic E-state index is 0.0513. The number of carboxylic acids is 1. The molecule has 20 heavy (non-hydrogen) atoms. The zero-order valence-electron chi connectivity index (χ0n) is 12.0. The number of carboxylic acid groups (broad SMARTS) is 1. The standard InChI is InChI=1S/C14H21NO4S/c1-10-7-8-13(9-11(10)2)20(18,19)15-12(3)5-4-6-14(16)17/h7-9,12,15H,4-6H2,1-3H3,(H,16,17). The van der Waals surface area contributed by atoms with Crippen LogP contribution in [0.1, 0.15) is 37.3 Å². The lowest BCUT2D eigenvalue weighted by Crippen LogP contribution is -2.32. The van der Waals surface area contributed by atoms with Crippen molar-refractivity contribution in [3.8, 4) is 0 Å². The van der Waals surface area contributed by atoms with Crippen molar-refractivity contribution < 1.29 is 18.3 Å². The highest BCUT2D eigenvalue weighted by Gasteiger charge is 2.17. The van der Waals surface area contributed by atoms with Gasteiger partial charge in [0, 0.05) is 12.5 Å². The predicted octanol–water partition coefficient (Wildman–Crippen LogP) is 2.23. The molecule has 0 aliphatic carbocycles. The van der Waals surface area contributed by atoms with E-state index >= 15 is 0 Å². The van der Waals surface area contributed by atoms with Gasteiger partial charge in [0.15, 0.2) is 0 Å². The van der Waals surface area contributed by atoms with Gasteiger partial charge in [0.25, 0.3) is 0 Å². The first kappa shape index (κ1) is 16.7. The minimum Gasteiger partial charge on any atom is -0.481 e. The molecule has 2 N–H and O–H groups in total. The van der Waals surface area contributed by atoms with E-state index in [0.717, 1.165) is 11.1 Å². The van der Waals surface area contributed by atoms with E-state index in [9.17, 15) is 13.2 Å². The molecule has 0 spiro atoms. The number of carbonyl (C=O) groups is 1. The van der Waals surface area contributed by atoms with Crippen LogP contribution in [0.4, 0.5) is 0 Å². The van der Waals surface area contributed by atoms with Gasteiger partial charge in [-0.25, -0.2) is 13.1 Å². The van der Waals surface area contributed by atoms with Crippen molar-refractivity contribution in [2.45, 2.75) is 51.0 Å². The molecule has 1 unspecified atom stereocenters. The monoisotopic (exact) mass is 299 g/mol. The van der Waals surface area contributed by atoms with Crippen LogP contribution in [0.2, 0.25) is 0 Å². The average Bonchev–Trinajstić information content (AvgIpc) is 2.31. The van der Waals surface area contributed by atoms with Crippen molar-refractivity contribution in [3.63, 3.8) is 0 Å². The topological polar surface area (TPSA) is 83.5 Å². The molecule has 0 radical (unpaired) electrons. The van der Waals surface area contributed by atoms with E-state index in [1.807, 2.05) is 13.8 Å². The SMILES string of the molecule is Cc1ccc(S(=O)(=O)NC(C)CCCC(=O)O)cc1C. The lowest BCUT2D eigenvalue weighted by Gasteiger charge is -2.14. The molecule has 5 nitrogen and oxygen atoms in total. The third-order valence-corrected chi connectivity index (χ3v) is 4.76. The van der Waals surface area contributed by atoms with E-state index in [4.69, 9.17) is 5.11 Å². The first-order valence-electron chi connectivity index (χ1n) is 6.54. The fourth-order valence-electron chi connectivity index (χ4n) is 1.83. The number of benzene rings is 1. The number of nitrogens with one attached hydrogen (secondary N) is 1. The molecule has 1 aromatic rings. The maximum atomic E-state index is 12.2. The molecule has 0 bridgehead atoms. The highest BCUT2D eigenvalue weighted by atomic mass is 32.2. The van der Waals surface area contributed by atoms with E-state index in [2.05, 4.69) is 4.72 Å². The molecule has 112 valence electrons. The minimum atomic E-state index is -3.55. The van der Waals surface area contributed by atoms with Crippen LogP contribution >= 0.6 is 0 Å². The van der Waals surface area contributed by atoms with Gasteiger partial charge < -0.3 is 5.11 Å². The van der Waals surface area contributed by atoms with Gasteiger partial charge in [0.2, 0.25) is 10.0 Å². The van der Waals surface area contributed by atoms with Gasteiger partial charge in [-0.15, -0.1) is 0 Å². The van der Waals surface area contributed by atoms with E-state index in [0.29, 0.717) is 12.8 Å². The molecule has 0 aliphatic heterocycles. The number of aryl methyl sites for hydroxylation is 2. The molecule has 0 saturated carbocycles. The summed E-state index contributed by atoms with van der Waals surface area (Å²) in [6.45, 7) is 5.53. The Labute approximate surface area is 120 Å². The van der Waals surface area contributed by atoms with Crippen molar-refractivity contribution >= 4 is 16.0 Å². The molecular formula is C14H21NO4S. The summed E-state index contributed by atoms with van der Waals surface area (Å²) in [4.78, 5) is 10.7. The van der Waals surface area contributed by atoms with Gasteiger partial charge in [-0.2, -0.15) is 0 Å². The van der Waals surface area contributed by atoms with Gasteiger partial charge in [-0.05, 0) is 56.9 Å². The molecule has 1 aromatic carbocycles. The summed E-state index contributed by atoms with van der Waals surface area (Å²) in [6.07, 6.45) is 0.998. The maximum absolute atomic E-state index is 12.2. The van der Waals surface area contributed by atoms with Gasteiger partial charge in [-0.1, -0.05) is 6.07 Å². The van der Waals surface area contributed by atoms with Crippen LogP contribution in [0.3, 0.4) is 0 Å². The lowest BCUT2D eigenvalue weighted by molar-refractivity contribution is -0.137. The molecule has 0 aliphatic rings. The largest absolute Gasteiger partial charge is 0.481 e. The highest BCUT2D eigenvalue weighted by molar-refractivity contribution is 7.89. The zero-order chi connectivity index (χ0) is 15.3. The van der Waals surface area contributed by atoms with E-state index in [1.165, 1.54) is 0 Å². The smallest absolute Gasteiger partial charge is 0.303 e. The Morgan fingerprint density at radius 3 is 2.50 bits per heavy atom. The lowest BCUT2D eigenvalue weighted by atomic mass is 10.1. The molecule has 6 heteroatoms. The summed E-state index contributed by atoms with van der Waals surface area (Å²) < 4.78 is 26.9. The van der Waals surface area contributed by atoms with Crippen molar-refractivity contribution in [3.05, 3.63) is 29.3 Å². The maximum Gasteiger partial charge on any atom is 0.303 e. The summed E-state index contributed by atoms with van der Waals surface area (Å²) in [5.74, 6) is -0.866. The molecule has 0 saturated heterocycles. The molecular weight excluding hydrogens is 278 g/mol. The van der Waals surface area contributed by atoms with Crippen LogP contribution in [-0.2, 0) is 14.8 Å². The second kappa shape index (κ2) is 6.85. The second-order valence-corrected chi connectivity index (χ2v) is 6.77. The van der Waals surface area contributed by atoms with Crippen molar-refractivity contribution in [1.29, 1.82) is 0 Å². The summed E-state index contributed by atoms with van der Waals surface area (Å²) in [5.41, 5.74) is 1.96. The second-order valence-electron chi connectivity index (χ2n) is 5.05. The van der Waals surface area contributed by atoms with Crippen molar-refractivity contribution in [2.75, 3.05) is 0 Å². The average molecular weight is 299 g/mol. The highest BCUT2D eigenvalue weighted by Crippen LogP contribution is 2.15. The summed E-state index contributed by atoms with van der Waals surface area (Å²) in [5, 5.41) is 8.55. The van der Waals surface area contributed by atoms with Gasteiger partial charge in [0.05, 0.1) is 4.90 Å². The zero-order valence-corrected chi connectivity index (χ0v) is 12.8.